The van der Waals surface area contributed by atoms with Crippen LogP contribution in [0.15, 0.2) is 54.2 Å². The molecule has 6 heteroatoms. The maximum atomic E-state index is 12.6. The van der Waals surface area contributed by atoms with Gasteiger partial charge in [-0.3, -0.25) is 4.79 Å². The molecule has 3 rings (SSSR count). The van der Waals surface area contributed by atoms with Crippen LogP contribution >= 0.6 is 0 Å². The molecule has 0 aliphatic carbocycles. The molecule has 1 aliphatic rings. The van der Waals surface area contributed by atoms with Gasteiger partial charge in [0, 0.05) is 5.56 Å². The zero-order chi connectivity index (χ0) is 19.9. The Morgan fingerprint density at radius 2 is 1.86 bits per heavy atom. The van der Waals surface area contributed by atoms with Gasteiger partial charge in [-0.25, -0.2) is 4.79 Å². The monoisotopic (exact) mass is 381 g/mol. The number of esters is 1. The van der Waals surface area contributed by atoms with Gasteiger partial charge in [0.1, 0.15) is 5.70 Å². The lowest BCUT2D eigenvalue weighted by molar-refractivity contribution is -0.139. The highest BCUT2D eigenvalue weighted by molar-refractivity contribution is 6.03. The van der Waals surface area contributed by atoms with Gasteiger partial charge in [-0.05, 0) is 48.2 Å². The topological polar surface area (TPSA) is 73.9 Å². The van der Waals surface area contributed by atoms with Crippen LogP contribution in [0.2, 0.25) is 0 Å². The van der Waals surface area contributed by atoms with Crippen molar-refractivity contribution in [2.75, 3.05) is 13.4 Å². The number of carbonyl (C=O) groups excluding carboxylic acids is 2. The smallest absolute Gasteiger partial charge is 0.354 e. The molecule has 28 heavy (non-hydrogen) atoms. The Morgan fingerprint density at radius 1 is 1.11 bits per heavy atom. The van der Waals surface area contributed by atoms with Crippen LogP contribution in [-0.4, -0.2) is 25.3 Å². The van der Waals surface area contributed by atoms with Crippen LogP contribution in [0.5, 0.6) is 11.5 Å². The number of ether oxygens (including phenoxy) is 3. The Labute approximate surface area is 164 Å². The Kier molecular flexibility index (Phi) is 6.32. The predicted octanol–water partition coefficient (Wildman–Crippen LogP) is 3.78. The third-order valence-corrected chi connectivity index (χ3v) is 4.14. The Morgan fingerprint density at radius 3 is 2.61 bits per heavy atom. The molecule has 0 saturated heterocycles. The lowest BCUT2D eigenvalue weighted by Gasteiger charge is -2.11. The molecule has 0 unspecified atom stereocenters. The highest BCUT2D eigenvalue weighted by atomic mass is 16.7. The zero-order valence-electron chi connectivity index (χ0n) is 15.9. The minimum atomic E-state index is -0.581. The molecule has 1 N–H and O–H groups in total. The van der Waals surface area contributed by atoms with Crippen molar-refractivity contribution in [2.45, 2.75) is 20.3 Å². The minimum absolute atomic E-state index is 0.0662. The number of amides is 1. The van der Waals surface area contributed by atoms with Crippen LogP contribution in [0.25, 0.3) is 6.08 Å². The summed E-state index contributed by atoms with van der Waals surface area (Å²) in [6.07, 6.45) is 2.32. The summed E-state index contributed by atoms with van der Waals surface area (Å²) < 4.78 is 16.0. The van der Waals surface area contributed by atoms with Crippen molar-refractivity contribution < 1.29 is 23.8 Å². The molecular weight excluding hydrogens is 358 g/mol. The summed E-state index contributed by atoms with van der Waals surface area (Å²) in [7, 11) is 0. The molecule has 0 fully saturated rings. The molecule has 0 atom stereocenters. The molecule has 6 nitrogen and oxygen atoms in total. The van der Waals surface area contributed by atoms with Gasteiger partial charge in [-0.1, -0.05) is 38.1 Å². The van der Waals surface area contributed by atoms with E-state index in [0.29, 0.717) is 28.5 Å². The van der Waals surface area contributed by atoms with Crippen molar-refractivity contribution in [3.63, 3.8) is 0 Å². The number of hydrogen-bond acceptors (Lipinski definition) is 5. The summed E-state index contributed by atoms with van der Waals surface area (Å²) in [5.41, 5.74) is 1.21. The average Bonchev–Trinajstić information content (AvgIpc) is 3.15. The second-order valence-electron chi connectivity index (χ2n) is 6.81. The second kappa shape index (κ2) is 9.08. The first-order chi connectivity index (χ1) is 13.5. The van der Waals surface area contributed by atoms with Crippen LogP contribution in [0.1, 0.15) is 36.2 Å². The van der Waals surface area contributed by atoms with Crippen molar-refractivity contribution in [1.82, 2.24) is 5.32 Å². The summed E-state index contributed by atoms with van der Waals surface area (Å²) >= 11 is 0. The largest absolute Gasteiger partial charge is 0.461 e. The number of fused-ring (bicyclic) bond motifs is 1. The second-order valence-corrected chi connectivity index (χ2v) is 6.81. The normalized spacial score (nSPS) is 12.8. The lowest BCUT2D eigenvalue weighted by Crippen LogP contribution is -2.28. The number of rotatable bonds is 7. The summed E-state index contributed by atoms with van der Waals surface area (Å²) in [5.74, 6) is 0.686. The van der Waals surface area contributed by atoms with Gasteiger partial charge in [0.15, 0.2) is 11.5 Å². The molecule has 0 spiro atoms. The average molecular weight is 381 g/mol. The van der Waals surface area contributed by atoms with E-state index in [1.165, 1.54) is 0 Å². The Bertz CT molecular complexity index is 874. The van der Waals surface area contributed by atoms with Crippen molar-refractivity contribution in [3.05, 3.63) is 65.4 Å². The standard InChI is InChI=1S/C22H23NO5/c1-15(2)10-11-26-22(25)18(23-21(24)17-6-4-3-5-7-17)12-16-8-9-19-20(13-16)28-14-27-19/h3-9,12-13,15H,10-11,14H2,1-2H3,(H,23,24). The first-order valence-electron chi connectivity index (χ1n) is 9.18. The van der Waals surface area contributed by atoms with Crippen LogP contribution in [0.4, 0.5) is 0 Å². The summed E-state index contributed by atoms with van der Waals surface area (Å²) in [6.45, 7) is 4.55. The number of benzene rings is 2. The predicted molar refractivity (Wildman–Crippen MR) is 105 cm³/mol. The van der Waals surface area contributed by atoms with Crippen LogP contribution < -0.4 is 14.8 Å². The number of nitrogens with one attached hydrogen (secondary N) is 1. The van der Waals surface area contributed by atoms with E-state index in [2.05, 4.69) is 5.32 Å². The Hall–Kier alpha value is -3.28. The van der Waals surface area contributed by atoms with Crippen molar-refractivity contribution in [3.8, 4) is 11.5 Å². The van der Waals surface area contributed by atoms with Crippen molar-refractivity contribution in [1.29, 1.82) is 0 Å². The van der Waals surface area contributed by atoms with E-state index in [1.54, 1.807) is 48.5 Å². The number of carbonyl (C=O) groups is 2. The molecule has 146 valence electrons. The molecule has 1 amide bonds. The minimum Gasteiger partial charge on any atom is -0.461 e. The van der Waals surface area contributed by atoms with Crippen molar-refractivity contribution in [2.24, 2.45) is 5.92 Å². The molecule has 2 aromatic rings. The Balaban J connectivity index is 1.81. The van der Waals surface area contributed by atoms with Crippen LogP contribution in [0, 0.1) is 5.92 Å². The SMILES string of the molecule is CC(C)CCOC(=O)C(=Cc1ccc2c(c1)OCO2)NC(=O)c1ccccc1. The van der Waals surface area contributed by atoms with Gasteiger partial charge in [0.2, 0.25) is 6.79 Å². The fourth-order valence-corrected chi connectivity index (χ4v) is 2.56. The van der Waals surface area contributed by atoms with E-state index in [0.717, 1.165) is 6.42 Å². The lowest BCUT2D eigenvalue weighted by atomic mass is 10.1. The molecule has 1 aliphatic heterocycles. The molecule has 1 heterocycles. The molecule has 2 aromatic carbocycles. The van der Waals surface area contributed by atoms with E-state index >= 15 is 0 Å². The van der Waals surface area contributed by atoms with Gasteiger partial charge < -0.3 is 19.5 Å². The van der Waals surface area contributed by atoms with Gasteiger partial charge in [-0.15, -0.1) is 0 Å². The molecule has 0 aromatic heterocycles. The van der Waals surface area contributed by atoms with Gasteiger partial charge in [0.25, 0.3) is 5.91 Å². The van der Waals surface area contributed by atoms with Crippen LogP contribution in [0.3, 0.4) is 0 Å². The fraction of sp³-hybridized carbons (Fsp3) is 0.273. The van der Waals surface area contributed by atoms with E-state index < -0.39 is 5.97 Å². The van der Waals surface area contributed by atoms with E-state index in [-0.39, 0.29) is 25.0 Å². The van der Waals surface area contributed by atoms with Gasteiger partial charge in [-0.2, -0.15) is 0 Å². The summed E-state index contributed by atoms with van der Waals surface area (Å²) in [4.78, 5) is 25.1. The van der Waals surface area contributed by atoms with Crippen molar-refractivity contribution >= 4 is 18.0 Å². The first-order valence-corrected chi connectivity index (χ1v) is 9.18. The van der Waals surface area contributed by atoms with E-state index in [1.807, 2.05) is 19.9 Å². The van der Waals surface area contributed by atoms with Gasteiger partial charge in [0.05, 0.1) is 6.61 Å². The third kappa shape index (κ3) is 5.13. The van der Waals surface area contributed by atoms with Crippen LogP contribution in [-0.2, 0) is 9.53 Å². The molecule has 0 radical (unpaired) electrons. The highest BCUT2D eigenvalue weighted by Crippen LogP contribution is 2.33. The molecular formula is C22H23NO5. The maximum Gasteiger partial charge on any atom is 0.354 e. The van der Waals surface area contributed by atoms with E-state index in [9.17, 15) is 9.59 Å². The highest BCUT2D eigenvalue weighted by Gasteiger charge is 2.18. The maximum absolute atomic E-state index is 12.6. The zero-order valence-corrected chi connectivity index (χ0v) is 15.9. The fourth-order valence-electron chi connectivity index (χ4n) is 2.56. The quantitative estimate of drug-likeness (QED) is 0.584. The molecule has 0 bridgehead atoms. The number of hydrogen-bond donors (Lipinski definition) is 1. The van der Waals surface area contributed by atoms with E-state index in [4.69, 9.17) is 14.2 Å². The first kappa shape index (κ1) is 19.5. The third-order valence-electron chi connectivity index (χ3n) is 4.14. The molecule has 0 saturated carbocycles. The summed E-state index contributed by atoms with van der Waals surface area (Å²) in [5, 5.41) is 2.66. The van der Waals surface area contributed by atoms with Gasteiger partial charge >= 0.3 is 5.97 Å². The summed E-state index contributed by atoms with van der Waals surface area (Å²) in [6, 6.07) is 14.0.